The lowest BCUT2D eigenvalue weighted by Crippen LogP contribution is -2.39. The first-order valence-corrected chi connectivity index (χ1v) is 19.4. The molecule has 4 aromatic rings. The number of amides is 2. The van der Waals surface area contributed by atoms with E-state index in [9.17, 15) is 19.5 Å². The Balaban J connectivity index is 1.18. The summed E-state index contributed by atoms with van der Waals surface area (Å²) in [6.07, 6.45) is 2.84. The number of aromatic nitrogens is 1. The summed E-state index contributed by atoms with van der Waals surface area (Å²) in [4.78, 5) is 43.7. The van der Waals surface area contributed by atoms with Gasteiger partial charge in [-0.3, -0.25) is 14.4 Å². The summed E-state index contributed by atoms with van der Waals surface area (Å²) < 4.78 is 27.9. The number of hydrogen-bond acceptors (Lipinski definition) is 11. The molecule has 4 N–H and O–H groups in total. The third kappa shape index (κ3) is 16.9. The van der Waals surface area contributed by atoms with Gasteiger partial charge in [0.15, 0.2) is 0 Å². The van der Waals surface area contributed by atoms with Crippen LogP contribution in [0.25, 0.3) is 32.3 Å². The second-order valence-electron chi connectivity index (χ2n) is 12.8. The second kappa shape index (κ2) is 26.4. The summed E-state index contributed by atoms with van der Waals surface area (Å²) in [5, 5.41) is 24.0. The third-order valence-corrected chi connectivity index (χ3v) is 8.76. The van der Waals surface area contributed by atoms with Crippen LogP contribution in [-0.2, 0) is 33.3 Å². The van der Waals surface area contributed by atoms with Gasteiger partial charge in [0.05, 0.1) is 71.9 Å². The number of nitrogens with zero attached hydrogens (tertiary/aromatic N) is 4. The predicted octanol–water partition coefficient (Wildman–Crippen LogP) is 6.34. The molecule has 1 aromatic heterocycles. The number of carboxylic acid groups (broad SMARTS) is 1. The number of pyridine rings is 1. The summed E-state index contributed by atoms with van der Waals surface area (Å²) in [5.74, 6) is -0.450. The molecule has 1 heterocycles. The third-order valence-electron chi connectivity index (χ3n) is 8.53. The number of anilines is 1. The van der Waals surface area contributed by atoms with E-state index in [1.165, 1.54) is 0 Å². The maximum absolute atomic E-state index is 12.8. The maximum Gasteiger partial charge on any atom is 0.305 e. The number of benzene rings is 3. The molecule has 0 spiro atoms. The van der Waals surface area contributed by atoms with Gasteiger partial charge in [0.2, 0.25) is 11.8 Å². The van der Waals surface area contributed by atoms with E-state index in [0.29, 0.717) is 102 Å². The van der Waals surface area contributed by atoms with Gasteiger partial charge in [-0.05, 0) is 58.6 Å². The highest BCUT2D eigenvalue weighted by atomic mass is 35.5. The fourth-order valence-electron chi connectivity index (χ4n) is 5.73. The zero-order valence-corrected chi connectivity index (χ0v) is 33.0. The summed E-state index contributed by atoms with van der Waals surface area (Å²) in [7, 11) is 0. The molecule has 0 saturated heterocycles. The van der Waals surface area contributed by atoms with E-state index in [1.54, 1.807) is 30.5 Å². The standard InChI is InChI=1S/C41H50ClN7O9/c42-32-14-16-45-38(27-32)44-15-4-3-7-39(50)46-29-40(51)48-36(28-41(52)53)31-10-8-30(9-11-31)33-12-13-37(35-6-2-1-5-34(33)35)58-26-25-57-24-23-56-22-21-55-20-19-54-18-17-47-49-43/h1-2,5-6,8-14,16,27,36H,3-4,7,15,17-26,28-29H2,(H,44,45)(H,46,50)(H,48,51)(H,52,53). The van der Waals surface area contributed by atoms with Gasteiger partial charge in [-0.15, -0.1) is 0 Å². The molecule has 0 aliphatic heterocycles. The van der Waals surface area contributed by atoms with Crippen LogP contribution in [0.3, 0.4) is 0 Å². The fourth-order valence-corrected chi connectivity index (χ4v) is 5.89. The van der Waals surface area contributed by atoms with E-state index in [2.05, 4.69) is 31.0 Å². The number of azide groups is 1. The van der Waals surface area contributed by atoms with Crippen molar-refractivity contribution in [2.75, 3.05) is 84.4 Å². The normalized spacial score (nSPS) is 11.4. The van der Waals surface area contributed by atoms with Crippen molar-refractivity contribution in [2.24, 2.45) is 5.11 Å². The molecule has 310 valence electrons. The Bertz CT molecular complexity index is 1930. The van der Waals surface area contributed by atoms with Crippen LogP contribution in [0.4, 0.5) is 5.82 Å². The molecule has 4 rings (SSSR count). The first-order chi connectivity index (χ1) is 28.3. The molecule has 58 heavy (non-hydrogen) atoms. The molecule has 1 atom stereocenters. The van der Waals surface area contributed by atoms with E-state index < -0.39 is 17.9 Å². The number of halogens is 1. The highest BCUT2D eigenvalue weighted by molar-refractivity contribution is 6.30. The molecular weight excluding hydrogens is 770 g/mol. The zero-order chi connectivity index (χ0) is 41.2. The Hall–Kier alpha value is -5.48. The van der Waals surface area contributed by atoms with Crippen molar-refractivity contribution in [3.63, 3.8) is 0 Å². The van der Waals surface area contributed by atoms with Crippen molar-refractivity contribution in [1.82, 2.24) is 15.6 Å². The van der Waals surface area contributed by atoms with Crippen molar-refractivity contribution in [3.8, 4) is 16.9 Å². The molecule has 0 fully saturated rings. The molecular formula is C41H50ClN7O9. The van der Waals surface area contributed by atoms with E-state index in [-0.39, 0.29) is 25.3 Å². The number of carboxylic acids is 1. The Kier molecular flexibility index (Phi) is 20.6. The maximum atomic E-state index is 12.8. The van der Waals surface area contributed by atoms with Crippen molar-refractivity contribution in [3.05, 3.63) is 100 Å². The van der Waals surface area contributed by atoms with Crippen LogP contribution in [0.2, 0.25) is 5.02 Å². The highest BCUT2D eigenvalue weighted by Gasteiger charge is 2.19. The summed E-state index contributed by atoms with van der Waals surface area (Å²) >= 11 is 5.96. The minimum atomic E-state index is -1.07. The number of carbonyl (C=O) groups excluding carboxylic acids is 2. The number of aliphatic carboxylic acids is 1. The van der Waals surface area contributed by atoms with Gasteiger partial charge in [0.25, 0.3) is 0 Å². The van der Waals surface area contributed by atoms with E-state index in [1.807, 2.05) is 48.5 Å². The molecule has 0 aliphatic carbocycles. The number of fused-ring (bicyclic) bond motifs is 1. The van der Waals surface area contributed by atoms with Gasteiger partial charge < -0.3 is 44.7 Å². The molecule has 0 radical (unpaired) electrons. The van der Waals surface area contributed by atoms with Crippen LogP contribution < -0.4 is 20.7 Å². The van der Waals surface area contributed by atoms with E-state index in [0.717, 1.165) is 27.6 Å². The number of unbranched alkanes of at least 4 members (excludes halogenated alkanes) is 1. The number of rotatable bonds is 29. The first-order valence-electron chi connectivity index (χ1n) is 19.0. The Morgan fingerprint density at radius 3 is 2.16 bits per heavy atom. The molecule has 0 saturated carbocycles. The average molecular weight is 820 g/mol. The van der Waals surface area contributed by atoms with Gasteiger partial charge in [0, 0.05) is 41.0 Å². The highest BCUT2D eigenvalue weighted by Crippen LogP contribution is 2.35. The quantitative estimate of drug-likeness (QED) is 0.0205. The van der Waals surface area contributed by atoms with Crippen LogP contribution in [0.1, 0.15) is 37.3 Å². The van der Waals surface area contributed by atoms with Gasteiger partial charge in [0.1, 0.15) is 18.2 Å². The Morgan fingerprint density at radius 1 is 0.810 bits per heavy atom. The van der Waals surface area contributed by atoms with Crippen LogP contribution in [0, 0.1) is 0 Å². The van der Waals surface area contributed by atoms with Crippen LogP contribution in [0.15, 0.2) is 84.1 Å². The second-order valence-corrected chi connectivity index (χ2v) is 13.2. The Labute approximate surface area is 342 Å². The molecule has 0 bridgehead atoms. The minimum Gasteiger partial charge on any atom is -0.491 e. The van der Waals surface area contributed by atoms with Gasteiger partial charge in [-0.25, -0.2) is 4.98 Å². The number of nitrogens with one attached hydrogen (secondary N) is 3. The van der Waals surface area contributed by atoms with E-state index in [4.69, 9.17) is 40.8 Å². The topological polar surface area (TPSA) is 215 Å². The predicted molar refractivity (Wildman–Crippen MR) is 220 cm³/mol. The molecule has 2 amide bonds. The summed E-state index contributed by atoms with van der Waals surface area (Å²) in [5.41, 5.74) is 10.7. The lowest BCUT2D eigenvalue weighted by Gasteiger charge is -2.19. The summed E-state index contributed by atoms with van der Waals surface area (Å²) in [6, 6.07) is 21.8. The first kappa shape index (κ1) is 45.2. The monoisotopic (exact) mass is 819 g/mol. The Morgan fingerprint density at radius 2 is 1.48 bits per heavy atom. The van der Waals surface area contributed by atoms with Crippen LogP contribution >= 0.6 is 11.6 Å². The van der Waals surface area contributed by atoms with Gasteiger partial charge >= 0.3 is 5.97 Å². The van der Waals surface area contributed by atoms with Crippen molar-refractivity contribution in [1.29, 1.82) is 0 Å². The summed E-state index contributed by atoms with van der Waals surface area (Å²) in [6.45, 7) is 4.32. The van der Waals surface area contributed by atoms with Crippen LogP contribution in [-0.4, -0.2) is 107 Å². The molecule has 0 aliphatic rings. The van der Waals surface area contributed by atoms with Crippen LogP contribution in [0.5, 0.6) is 5.75 Å². The molecule has 1 unspecified atom stereocenters. The van der Waals surface area contributed by atoms with Crippen molar-refractivity contribution < 1.29 is 43.2 Å². The van der Waals surface area contributed by atoms with E-state index >= 15 is 0 Å². The molecule has 17 heteroatoms. The molecule has 3 aromatic carbocycles. The smallest absolute Gasteiger partial charge is 0.305 e. The number of hydrogen-bond donors (Lipinski definition) is 4. The zero-order valence-electron chi connectivity index (χ0n) is 32.3. The lowest BCUT2D eigenvalue weighted by atomic mass is 9.95. The van der Waals surface area contributed by atoms with Gasteiger partial charge in [-0.2, -0.15) is 0 Å². The minimum absolute atomic E-state index is 0.241. The fraction of sp³-hybridized carbons (Fsp3) is 0.415. The van der Waals surface area contributed by atoms with Crippen molar-refractivity contribution in [2.45, 2.75) is 31.7 Å². The SMILES string of the molecule is [N-]=[N+]=NCCOCCOCCOCCOCCOc1ccc(-c2ccc(C(CC(=O)O)NC(=O)CNC(=O)CCCCNc3cc(Cl)ccn3)cc2)c2ccccc12. The number of carbonyl (C=O) groups is 3. The molecule has 16 nitrogen and oxygen atoms in total. The van der Waals surface area contributed by atoms with Gasteiger partial charge in [-0.1, -0.05) is 71.3 Å². The largest absolute Gasteiger partial charge is 0.491 e. The average Bonchev–Trinajstić information content (AvgIpc) is 3.22. The van der Waals surface area contributed by atoms with Crippen molar-refractivity contribution >= 4 is 46.0 Å². The number of ether oxygens (including phenoxy) is 5. The lowest BCUT2D eigenvalue weighted by molar-refractivity contribution is -0.138.